The summed E-state index contributed by atoms with van der Waals surface area (Å²) in [5.41, 5.74) is 9.69. The van der Waals surface area contributed by atoms with Crippen LogP contribution in [0.5, 0.6) is 23.0 Å². The van der Waals surface area contributed by atoms with Gasteiger partial charge in [-0.25, -0.2) is 0 Å². The number of benzene rings is 4. The lowest BCUT2D eigenvalue weighted by Gasteiger charge is -2.35. The molecular weight excluding hydrogens is 636 g/mol. The van der Waals surface area contributed by atoms with E-state index < -0.39 is 0 Å². The van der Waals surface area contributed by atoms with E-state index in [0.717, 1.165) is 67.2 Å². The Morgan fingerprint density at radius 1 is 0.549 bits per heavy atom. The molecule has 0 saturated heterocycles. The van der Waals surface area contributed by atoms with E-state index >= 15 is 0 Å². The van der Waals surface area contributed by atoms with Gasteiger partial charge in [-0.1, -0.05) is 78.9 Å². The highest BCUT2D eigenvalue weighted by atomic mass is 16.5. The number of hydrogen-bond acceptors (Lipinski definition) is 6. The van der Waals surface area contributed by atoms with Gasteiger partial charge >= 0.3 is 0 Å². The van der Waals surface area contributed by atoms with Crippen molar-refractivity contribution in [3.63, 3.8) is 0 Å². The van der Waals surface area contributed by atoms with E-state index in [-0.39, 0.29) is 35.2 Å². The summed E-state index contributed by atoms with van der Waals surface area (Å²) in [5.74, 6) is 1.53. The number of methoxy groups -OCH3 is 3. The van der Waals surface area contributed by atoms with Gasteiger partial charge in [0, 0.05) is 18.9 Å². The maximum atomic E-state index is 11.1. The molecule has 3 unspecified atom stereocenters. The molecule has 0 fully saturated rings. The Hall–Kier alpha value is -5.98. The number of ether oxygens (including phenoxy) is 3. The van der Waals surface area contributed by atoms with E-state index in [9.17, 15) is 15.3 Å². The molecule has 0 heterocycles. The van der Waals surface area contributed by atoms with Crippen LogP contribution >= 0.6 is 0 Å². The van der Waals surface area contributed by atoms with Crippen molar-refractivity contribution in [2.45, 2.75) is 12.5 Å². The van der Waals surface area contributed by atoms with Crippen LogP contribution < -0.4 is 9.47 Å². The minimum absolute atomic E-state index is 0.0450. The zero-order valence-corrected chi connectivity index (χ0v) is 28.8. The number of phenolic OH excluding ortho intramolecular Hbond substituents is 2. The fraction of sp³-hybridized carbons (Fsp3) is 0.156. The van der Waals surface area contributed by atoms with Crippen LogP contribution in [0, 0.1) is 11.8 Å². The number of aliphatic hydroxyl groups excluding tert-OH is 1. The second-order valence-corrected chi connectivity index (χ2v) is 12.8. The third-order valence-electron chi connectivity index (χ3n) is 9.75. The summed E-state index contributed by atoms with van der Waals surface area (Å²) < 4.78 is 16.9. The lowest BCUT2D eigenvalue weighted by molar-refractivity contribution is 0.142. The first kappa shape index (κ1) is 33.5. The maximum Gasteiger partial charge on any atom is 0.118 e. The van der Waals surface area contributed by atoms with Crippen molar-refractivity contribution in [3.05, 3.63) is 179 Å². The summed E-state index contributed by atoms with van der Waals surface area (Å²) in [5, 5.41) is 31.9. The minimum Gasteiger partial charge on any atom is -0.508 e. The first-order valence-electron chi connectivity index (χ1n) is 17.0. The van der Waals surface area contributed by atoms with Gasteiger partial charge in [0.1, 0.15) is 28.8 Å². The van der Waals surface area contributed by atoms with Gasteiger partial charge in [-0.3, -0.25) is 0 Å². The molecule has 6 nitrogen and oxygen atoms in total. The summed E-state index contributed by atoms with van der Waals surface area (Å²) in [6.45, 7) is 0. The van der Waals surface area contributed by atoms with Gasteiger partial charge in [0.2, 0.25) is 0 Å². The smallest absolute Gasteiger partial charge is 0.118 e. The summed E-state index contributed by atoms with van der Waals surface area (Å²) in [7, 11) is 5.04. The molecule has 256 valence electrons. The Morgan fingerprint density at radius 3 is 1.63 bits per heavy atom. The van der Waals surface area contributed by atoms with Crippen LogP contribution in [0.4, 0.5) is 0 Å². The van der Waals surface area contributed by atoms with E-state index in [2.05, 4.69) is 54.6 Å². The average molecular weight is 677 g/mol. The van der Waals surface area contributed by atoms with Crippen molar-refractivity contribution in [1.29, 1.82) is 0 Å². The normalized spacial score (nSPS) is 24.0. The maximum absolute atomic E-state index is 11.1. The van der Waals surface area contributed by atoms with Crippen LogP contribution in [0.2, 0.25) is 0 Å². The second-order valence-electron chi connectivity index (χ2n) is 12.8. The molecule has 0 spiro atoms. The van der Waals surface area contributed by atoms with E-state index in [1.54, 1.807) is 51.7 Å². The first-order chi connectivity index (χ1) is 24.9. The zero-order valence-electron chi connectivity index (χ0n) is 28.8. The fourth-order valence-electron chi connectivity index (χ4n) is 7.18. The van der Waals surface area contributed by atoms with Gasteiger partial charge in [-0.15, -0.1) is 0 Å². The summed E-state index contributed by atoms with van der Waals surface area (Å²) in [6, 6.07) is 30.8. The number of hydrogen-bond donors (Lipinski definition) is 3. The van der Waals surface area contributed by atoms with Crippen LogP contribution in [0.15, 0.2) is 156 Å². The van der Waals surface area contributed by atoms with Gasteiger partial charge < -0.3 is 29.5 Å². The van der Waals surface area contributed by atoms with E-state index in [4.69, 9.17) is 14.2 Å². The predicted molar refractivity (Wildman–Crippen MR) is 203 cm³/mol. The second kappa shape index (κ2) is 14.5. The monoisotopic (exact) mass is 676 g/mol. The van der Waals surface area contributed by atoms with Crippen LogP contribution in [-0.2, 0) is 4.74 Å². The van der Waals surface area contributed by atoms with Crippen molar-refractivity contribution < 1.29 is 29.5 Å². The highest BCUT2D eigenvalue weighted by Crippen LogP contribution is 2.52. The number of phenols is 2. The molecule has 7 rings (SSSR count). The van der Waals surface area contributed by atoms with Gasteiger partial charge in [-0.2, -0.15) is 0 Å². The Labute approximate surface area is 298 Å². The molecule has 3 aliphatic carbocycles. The molecule has 3 N–H and O–H groups in total. The Balaban J connectivity index is 1.70. The van der Waals surface area contributed by atoms with Crippen LogP contribution in [0.25, 0.3) is 22.3 Å². The summed E-state index contributed by atoms with van der Waals surface area (Å²) >= 11 is 0. The van der Waals surface area contributed by atoms with Crippen molar-refractivity contribution in [1.82, 2.24) is 0 Å². The number of aliphatic hydroxyl groups is 1. The highest BCUT2D eigenvalue weighted by Gasteiger charge is 2.34. The molecule has 0 saturated carbocycles. The van der Waals surface area contributed by atoms with E-state index in [0.29, 0.717) is 6.42 Å². The van der Waals surface area contributed by atoms with Crippen molar-refractivity contribution in [2.24, 2.45) is 11.8 Å². The number of rotatable bonds is 8. The van der Waals surface area contributed by atoms with Gasteiger partial charge in [0.05, 0.1) is 20.3 Å². The Bertz CT molecular complexity index is 2120. The molecule has 0 aliphatic heterocycles. The van der Waals surface area contributed by atoms with Crippen molar-refractivity contribution >= 4 is 22.3 Å². The largest absolute Gasteiger partial charge is 0.508 e. The molecule has 3 atom stereocenters. The lowest BCUT2D eigenvalue weighted by atomic mass is 9.69. The highest BCUT2D eigenvalue weighted by molar-refractivity contribution is 6.20. The molecule has 3 aliphatic rings. The summed E-state index contributed by atoms with van der Waals surface area (Å²) in [6.07, 6.45) is 15.1. The standard InChI is InChI=1S/C45H40O6/c1-49-37-20-9-30(10-21-37)42-40(28-4-15-34(46)16-5-28)26-33-8-19-36(48)27-41(33)43(29-6-17-35(47)18-7-29)45(32-13-24-39(51-3)25-14-32)44(42)31-11-22-38(50-2)23-12-31/h4-20,22-27,33,37,41,46-48H,21H2,1-3H3/b40-26+,44-42-,45-43-. The molecular formula is C45H40O6. The Kier molecular flexibility index (Phi) is 9.51. The third-order valence-corrected chi connectivity index (χ3v) is 9.75. The molecule has 0 bridgehead atoms. The fourth-order valence-corrected chi connectivity index (χ4v) is 7.18. The quantitative estimate of drug-likeness (QED) is 0.172. The van der Waals surface area contributed by atoms with Crippen molar-refractivity contribution in [3.8, 4) is 23.0 Å². The topological polar surface area (TPSA) is 88.4 Å². The molecule has 0 radical (unpaired) electrons. The predicted octanol–water partition coefficient (Wildman–Crippen LogP) is 9.72. The average Bonchev–Trinajstić information content (AvgIpc) is 3.17. The summed E-state index contributed by atoms with van der Waals surface area (Å²) in [4.78, 5) is 0. The van der Waals surface area contributed by atoms with Crippen LogP contribution in [0.1, 0.15) is 28.7 Å². The third kappa shape index (κ3) is 6.79. The van der Waals surface area contributed by atoms with E-state index in [1.807, 2.05) is 54.6 Å². The van der Waals surface area contributed by atoms with Crippen LogP contribution in [0.3, 0.4) is 0 Å². The molecule has 0 aromatic heterocycles. The SMILES string of the molecule is COc1ccc(C2=C(C3=CCC(OC)C=C3)/C(c3ccc(O)cc3)=C/C3C=CC(O)=CC3/C(c3ccc(O)cc3)=C\2c2ccc(OC)cc2)cc1. The molecule has 6 heteroatoms. The van der Waals surface area contributed by atoms with E-state index in [1.165, 1.54) is 0 Å². The van der Waals surface area contributed by atoms with Crippen LogP contribution in [-0.4, -0.2) is 42.8 Å². The Morgan fingerprint density at radius 2 is 1.10 bits per heavy atom. The number of fused-ring (bicyclic) bond motifs is 1. The van der Waals surface area contributed by atoms with Crippen molar-refractivity contribution in [2.75, 3.05) is 21.3 Å². The molecule has 4 aromatic carbocycles. The van der Waals surface area contributed by atoms with Gasteiger partial charge in [-0.05, 0) is 123 Å². The lowest BCUT2D eigenvalue weighted by Crippen LogP contribution is -2.20. The number of aromatic hydroxyl groups is 2. The van der Waals surface area contributed by atoms with Gasteiger partial charge in [0.15, 0.2) is 0 Å². The zero-order chi connectivity index (χ0) is 35.5. The molecule has 0 amide bonds. The first-order valence-corrected chi connectivity index (χ1v) is 17.0. The molecule has 51 heavy (non-hydrogen) atoms. The van der Waals surface area contributed by atoms with Gasteiger partial charge in [0.25, 0.3) is 0 Å². The number of allylic oxidation sites excluding steroid dienone is 11. The minimum atomic E-state index is -0.299. The molecule has 4 aromatic rings.